The van der Waals surface area contributed by atoms with E-state index in [0.29, 0.717) is 5.56 Å². The highest BCUT2D eigenvalue weighted by molar-refractivity contribution is 5.85. The molecule has 0 aliphatic carbocycles. The smallest absolute Gasteiger partial charge is 0.200 e. The van der Waals surface area contributed by atoms with Gasteiger partial charge in [-0.25, -0.2) is 0 Å². The number of phenols is 1. The Balaban J connectivity index is 0.00000256. The third-order valence-electron chi connectivity index (χ3n) is 2.24. The molecular weight excluding hydrogens is 244 g/mol. The maximum absolute atomic E-state index is 9.67. The number of hydrogen-bond donors (Lipinski definition) is 2. The molecule has 0 bridgehead atoms. The molecule has 0 fully saturated rings. The molecule has 0 amide bonds. The summed E-state index contributed by atoms with van der Waals surface area (Å²) >= 11 is 0. The Bertz CT molecular complexity index is 393. The predicted molar refractivity (Wildman–Crippen MR) is 65.6 cm³/mol. The summed E-state index contributed by atoms with van der Waals surface area (Å²) in [4.78, 5) is 0. The van der Waals surface area contributed by atoms with E-state index >= 15 is 0 Å². The van der Waals surface area contributed by atoms with Crippen LogP contribution in [-0.2, 0) is 0 Å². The van der Waals surface area contributed by atoms with E-state index in [2.05, 4.69) is 0 Å². The number of halogens is 1. The molecule has 1 aromatic carbocycles. The van der Waals surface area contributed by atoms with Crippen molar-refractivity contribution in [2.45, 2.75) is 12.5 Å². The number of benzene rings is 1. The van der Waals surface area contributed by atoms with E-state index in [1.165, 1.54) is 14.2 Å². The quantitative estimate of drug-likeness (QED) is 0.859. The molecule has 6 heteroatoms. The van der Waals surface area contributed by atoms with Crippen molar-refractivity contribution in [1.82, 2.24) is 0 Å². The summed E-state index contributed by atoms with van der Waals surface area (Å²) in [5.74, 6) is 0.489. The summed E-state index contributed by atoms with van der Waals surface area (Å²) in [5.41, 5.74) is 6.48. The number of hydrogen-bond acceptors (Lipinski definition) is 5. The molecule has 1 atom stereocenters. The lowest BCUT2D eigenvalue weighted by Gasteiger charge is -2.14. The molecule has 17 heavy (non-hydrogen) atoms. The second kappa shape index (κ2) is 6.84. The minimum atomic E-state index is -0.423. The summed E-state index contributed by atoms with van der Waals surface area (Å²) in [5, 5.41) is 18.2. The first-order valence-corrected chi connectivity index (χ1v) is 4.71. The topological polar surface area (TPSA) is 88.5 Å². The van der Waals surface area contributed by atoms with Gasteiger partial charge in [0.25, 0.3) is 0 Å². The molecule has 94 valence electrons. The Morgan fingerprint density at radius 1 is 1.35 bits per heavy atom. The van der Waals surface area contributed by atoms with Gasteiger partial charge in [-0.1, -0.05) is 0 Å². The van der Waals surface area contributed by atoms with Crippen molar-refractivity contribution in [2.24, 2.45) is 5.73 Å². The number of nitrogens with two attached hydrogens (primary N) is 1. The number of methoxy groups -OCH3 is 2. The van der Waals surface area contributed by atoms with E-state index in [0.717, 1.165) is 0 Å². The van der Waals surface area contributed by atoms with Crippen LogP contribution in [0.4, 0.5) is 0 Å². The number of nitriles is 1. The molecule has 3 N–H and O–H groups in total. The predicted octanol–water partition coefficient (Wildman–Crippen LogP) is 1.74. The lowest BCUT2D eigenvalue weighted by Crippen LogP contribution is -2.09. The maximum Gasteiger partial charge on any atom is 0.200 e. The van der Waals surface area contributed by atoms with Gasteiger partial charge in [-0.2, -0.15) is 5.26 Å². The van der Waals surface area contributed by atoms with Crippen LogP contribution in [0.1, 0.15) is 18.0 Å². The summed E-state index contributed by atoms with van der Waals surface area (Å²) in [7, 11) is 2.88. The summed E-state index contributed by atoms with van der Waals surface area (Å²) < 4.78 is 9.98. The van der Waals surface area contributed by atoms with Crippen LogP contribution in [0, 0.1) is 11.3 Å². The average molecular weight is 259 g/mol. The first-order valence-electron chi connectivity index (χ1n) is 4.71. The summed E-state index contributed by atoms with van der Waals surface area (Å²) in [6.07, 6.45) is 0.192. The minimum absolute atomic E-state index is 0. The number of ether oxygens (including phenoxy) is 2. The second-order valence-electron chi connectivity index (χ2n) is 3.24. The van der Waals surface area contributed by atoms with E-state index in [1.54, 1.807) is 12.1 Å². The molecule has 0 aromatic heterocycles. The van der Waals surface area contributed by atoms with Crippen LogP contribution in [0.3, 0.4) is 0 Å². The number of rotatable bonds is 4. The van der Waals surface area contributed by atoms with Crippen molar-refractivity contribution in [3.63, 3.8) is 0 Å². The largest absolute Gasteiger partial charge is 0.502 e. The molecule has 0 unspecified atom stereocenters. The molecule has 0 radical (unpaired) electrons. The van der Waals surface area contributed by atoms with E-state index < -0.39 is 6.04 Å². The van der Waals surface area contributed by atoms with Crippen LogP contribution in [0.15, 0.2) is 12.1 Å². The van der Waals surface area contributed by atoms with Crippen LogP contribution in [-0.4, -0.2) is 19.3 Å². The Kier molecular flexibility index (Phi) is 6.18. The normalized spacial score (nSPS) is 10.9. The van der Waals surface area contributed by atoms with Crippen molar-refractivity contribution in [3.8, 4) is 23.3 Å². The highest BCUT2D eigenvalue weighted by Gasteiger charge is 2.14. The molecule has 0 saturated carbocycles. The zero-order chi connectivity index (χ0) is 12.1. The summed E-state index contributed by atoms with van der Waals surface area (Å²) in [6, 6.07) is 4.76. The van der Waals surface area contributed by atoms with Crippen LogP contribution in [0.2, 0.25) is 0 Å². The number of phenolic OH excluding ortho intramolecular Hbond substituents is 1. The van der Waals surface area contributed by atoms with Gasteiger partial charge in [0.05, 0.1) is 26.7 Å². The Labute approximate surface area is 106 Å². The molecule has 5 nitrogen and oxygen atoms in total. The fraction of sp³-hybridized carbons (Fsp3) is 0.364. The molecule has 0 saturated heterocycles. The van der Waals surface area contributed by atoms with Gasteiger partial charge in [-0.15, -0.1) is 12.4 Å². The number of aromatic hydroxyl groups is 1. The van der Waals surface area contributed by atoms with Gasteiger partial charge in [0.1, 0.15) is 0 Å². The molecule has 0 spiro atoms. The van der Waals surface area contributed by atoms with Gasteiger partial charge in [-0.05, 0) is 17.7 Å². The second-order valence-corrected chi connectivity index (χ2v) is 3.24. The average Bonchev–Trinajstić information content (AvgIpc) is 2.29. The Morgan fingerprint density at radius 2 is 1.82 bits per heavy atom. The number of nitrogens with zero attached hydrogens (tertiary/aromatic N) is 1. The van der Waals surface area contributed by atoms with Gasteiger partial charge < -0.3 is 20.3 Å². The molecule has 1 aromatic rings. The molecule has 0 aliphatic heterocycles. The van der Waals surface area contributed by atoms with Crippen LogP contribution in [0.25, 0.3) is 0 Å². The fourth-order valence-corrected chi connectivity index (χ4v) is 1.34. The van der Waals surface area contributed by atoms with Gasteiger partial charge in [0.15, 0.2) is 11.5 Å². The van der Waals surface area contributed by atoms with Crippen LogP contribution >= 0.6 is 12.4 Å². The van der Waals surface area contributed by atoms with Crippen LogP contribution < -0.4 is 15.2 Å². The van der Waals surface area contributed by atoms with Crippen molar-refractivity contribution in [1.29, 1.82) is 5.26 Å². The fourth-order valence-electron chi connectivity index (χ4n) is 1.34. The SMILES string of the molecule is COc1cc([C@H](N)CC#N)cc(OC)c1O.Cl. The summed E-state index contributed by atoms with van der Waals surface area (Å²) in [6.45, 7) is 0. The zero-order valence-corrected chi connectivity index (χ0v) is 10.5. The first kappa shape index (κ1) is 15.4. The van der Waals surface area contributed by atoms with Crippen molar-refractivity contribution in [3.05, 3.63) is 17.7 Å². The third kappa shape index (κ3) is 3.41. The van der Waals surface area contributed by atoms with Crippen molar-refractivity contribution < 1.29 is 14.6 Å². The zero-order valence-electron chi connectivity index (χ0n) is 9.64. The lowest BCUT2D eigenvalue weighted by atomic mass is 10.0. The van der Waals surface area contributed by atoms with Gasteiger partial charge in [0.2, 0.25) is 5.75 Å². The monoisotopic (exact) mass is 258 g/mol. The molecular formula is C11H15ClN2O3. The van der Waals surface area contributed by atoms with E-state index in [1.807, 2.05) is 6.07 Å². The van der Waals surface area contributed by atoms with Crippen molar-refractivity contribution >= 4 is 12.4 Å². The van der Waals surface area contributed by atoms with Gasteiger partial charge >= 0.3 is 0 Å². The van der Waals surface area contributed by atoms with E-state index in [-0.39, 0.29) is 36.1 Å². The van der Waals surface area contributed by atoms with Gasteiger partial charge in [0, 0.05) is 6.04 Å². The molecule has 0 heterocycles. The Hall–Kier alpha value is -1.64. The van der Waals surface area contributed by atoms with E-state index in [4.69, 9.17) is 20.5 Å². The maximum atomic E-state index is 9.67. The lowest BCUT2D eigenvalue weighted by molar-refractivity contribution is 0.338. The first-order chi connectivity index (χ1) is 7.63. The highest BCUT2D eigenvalue weighted by atomic mass is 35.5. The Morgan fingerprint density at radius 3 is 2.18 bits per heavy atom. The van der Waals surface area contributed by atoms with Crippen LogP contribution in [0.5, 0.6) is 17.2 Å². The standard InChI is InChI=1S/C11H14N2O3.ClH/c1-15-9-5-7(8(13)3-4-12)6-10(16-2)11(9)14;/h5-6,8,14H,3,13H2,1-2H3;1H/t8-;/m1./s1. The van der Waals surface area contributed by atoms with Crippen molar-refractivity contribution in [2.75, 3.05) is 14.2 Å². The molecule has 1 rings (SSSR count). The minimum Gasteiger partial charge on any atom is -0.502 e. The van der Waals surface area contributed by atoms with E-state index in [9.17, 15) is 5.11 Å². The molecule has 0 aliphatic rings. The third-order valence-corrected chi connectivity index (χ3v) is 2.24. The highest BCUT2D eigenvalue weighted by Crippen LogP contribution is 2.38. The van der Waals surface area contributed by atoms with Gasteiger partial charge in [-0.3, -0.25) is 0 Å².